The number of nitrogens with one attached hydrogen (secondary N) is 4. The SMILES string of the molecule is Cc1ccc(NC(=O)Nc2ccccc2)cc1NC(=O)CNC(=O)Cc1ccccc1. The highest BCUT2D eigenvalue weighted by Gasteiger charge is 2.10. The fraction of sp³-hybridized carbons (Fsp3) is 0.125. The van der Waals surface area contributed by atoms with E-state index in [-0.39, 0.29) is 30.8 Å². The molecule has 7 heteroatoms. The second-order valence-electron chi connectivity index (χ2n) is 6.96. The van der Waals surface area contributed by atoms with Crippen LogP contribution in [0.5, 0.6) is 0 Å². The monoisotopic (exact) mass is 416 g/mol. The summed E-state index contributed by atoms with van der Waals surface area (Å²) in [4.78, 5) is 36.5. The van der Waals surface area contributed by atoms with Crippen molar-refractivity contribution in [1.82, 2.24) is 5.32 Å². The lowest BCUT2D eigenvalue weighted by molar-refractivity contribution is -0.123. The summed E-state index contributed by atoms with van der Waals surface area (Å²) in [5.41, 5.74) is 3.47. The topological polar surface area (TPSA) is 99.3 Å². The fourth-order valence-corrected chi connectivity index (χ4v) is 2.87. The summed E-state index contributed by atoms with van der Waals surface area (Å²) in [5.74, 6) is -0.582. The Morgan fingerprint density at radius 1 is 0.710 bits per heavy atom. The van der Waals surface area contributed by atoms with E-state index >= 15 is 0 Å². The molecule has 0 aliphatic heterocycles. The molecule has 0 aliphatic carbocycles. The predicted octanol–water partition coefficient (Wildman–Crippen LogP) is 3.94. The van der Waals surface area contributed by atoms with E-state index < -0.39 is 0 Å². The van der Waals surface area contributed by atoms with Gasteiger partial charge >= 0.3 is 6.03 Å². The Morgan fingerprint density at radius 2 is 1.35 bits per heavy atom. The third-order valence-electron chi connectivity index (χ3n) is 4.45. The molecule has 4 N–H and O–H groups in total. The Bertz CT molecular complexity index is 1050. The van der Waals surface area contributed by atoms with E-state index in [1.807, 2.05) is 55.5 Å². The van der Waals surface area contributed by atoms with Gasteiger partial charge in [0.1, 0.15) is 0 Å². The van der Waals surface area contributed by atoms with Crippen LogP contribution >= 0.6 is 0 Å². The number of carbonyl (C=O) groups excluding carboxylic acids is 3. The minimum absolute atomic E-state index is 0.142. The number of urea groups is 1. The van der Waals surface area contributed by atoms with Crippen LogP contribution in [0.15, 0.2) is 78.9 Å². The Labute approximate surface area is 180 Å². The molecule has 0 fully saturated rings. The minimum atomic E-state index is -0.388. The van der Waals surface area contributed by atoms with Crippen LogP contribution in [-0.4, -0.2) is 24.4 Å². The van der Waals surface area contributed by atoms with Crippen molar-refractivity contribution in [3.8, 4) is 0 Å². The van der Waals surface area contributed by atoms with Gasteiger partial charge in [0, 0.05) is 17.1 Å². The number of rotatable bonds is 7. The lowest BCUT2D eigenvalue weighted by Gasteiger charge is -2.13. The third kappa shape index (κ3) is 7.01. The molecule has 0 bridgehead atoms. The zero-order valence-corrected chi connectivity index (χ0v) is 17.1. The van der Waals surface area contributed by atoms with Gasteiger partial charge < -0.3 is 21.3 Å². The number of aryl methyl sites for hydroxylation is 1. The first kappa shape index (κ1) is 21.6. The van der Waals surface area contributed by atoms with Crippen LogP contribution < -0.4 is 21.3 Å². The standard InChI is InChI=1S/C24H24N4O3/c1-17-12-13-20(27-24(31)26-19-10-6-3-7-11-19)15-21(17)28-23(30)16-25-22(29)14-18-8-4-2-5-9-18/h2-13,15H,14,16H2,1H3,(H,25,29)(H,28,30)(H2,26,27,31). The van der Waals surface area contributed by atoms with Crippen LogP contribution in [0, 0.1) is 6.92 Å². The van der Waals surface area contributed by atoms with E-state index in [0.29, 0.717) is 17.1 Å². The first-order valence-corrected chi connectivity index (χ1v) is 9.84. The summed E-state index contributed by atoms with van der Waals surface area (Å²) in [6.45, 7) is 1.70. The van der Waals surface area contributed by atoms with Crippen LogP contribution in [-0.2, 0) is 16.0 Å². The Hall–Kier alpha value is -4.13. The van der Waals surface area contributed by atoms with E-state index in [0.717, 1.165) is 11.1 Å². The van der Waals surface area contributed by atoms with Gasteiger partial charge in [-0.3, -0.25) is 9.59 Å². The third-order valence-corrected chi connectivity index (χ3v) is 4.45. The molecule has 0 saturated heterocycles. The maximum atomic E-state index is 12.3. The van der Waals surface area contributed by atoms with Crippen molar-refractivity contribution in [2.45, 2.75) is 13.3 Å². The van der Waals surface area contributed by atoms with Crippen LogP contribution in [0.2, 0.25) is 0 Å². The van der Waals surface area contributed by atoms with Crippen molar-refractivity contribution in [2.24, 2.45) is 0 Å². The molecule has 3 aromatic rings. The van der Waals surface area contributed by atoms with Crippen molar-refractivity contribution in [3.05, 3.63) is 90.0 Å². The zero-order chi connectivity index (χ0) is 22.1. The Kier molecular flexibility index (Phi) is 7.37. The molecule has 0 aromatic heterocycles. The van der Waals surface area contributed by atoms with Gasteiger partial charge in [0.25, 0.3) is 0 Å². The van der Waals surface area contributed by atoms with Gasteiger partial charge in [-0.05, 0) is 42.3 Å². The molecule has 4 amide bonds. The average molecular weight is 416 g/mol. The van der Waals surface area contributed by atoms with Crippen LogP contribution in [0.4, 0.5) is 21.9 Å². The van der Waals surface area contributed by atoms with E-state index in [9.17, 15) is 14.4 Å². The largest absolute Gasteiger partial charge is 0.347 e. The summed E-state index contributed by atoms with van der Waals surface area (Å²) in [6, 6.07) is 23.2. The number of para-hydroxylation sites is 1. The number of carbonyl (C=O) groups is 3. The quantitative estimate of drug-likeness (QED) is 0.469. The summed E-state index contributed by atoms with van der Waals surface area (Å²) in [5, 5.41) is 10.9. The summed E-state index contributed by atoms with van der Waals surface area (Å²) in [7, 11) is 0. The normalized spacial score (nSPS) is 10.1. The van der Waals surface area contributed by atoms with Gasteiger partial charge in [0.15, 0.2) is 0 Å². The van der Waals surface area contributed by atoms with Gasteiger partial charge in [-0.15, -0.1) is 0 Å². The Morgan fingerprint density at radius 3 is 2.06 bits per heavy atom. The second kappa shape index (κ2) is 10.6. The molecule has 0 spiro atoms. The molecule has 31 heavy (non-hydrogen) atoms. The van der Waals surface area contributed by atoms with Gasteiger partial charge in [-0.1, -0.05) is 54.6 Å². The van der Waals surface area contributed by atoms with Crippen LogP contribution in [0.25, 0.3) is 0 Å². The first-order valence-electron chi connectivity index (χ1n) is 9.84. The number of benzene rings is 3. The maximum absolute atomic E-state index is 12.3. The zero-order valence-electron chi connectivity index (χ0n) is 17.1. The lowest BCUT2D eigenvalue weighted by atomic mass is 10.1. The number of hydrogen-bond acceptors (Lipinski definition) is 3. The smallest absolute Gasteiger partial charge is 0.323 e. The molecule has 0 unspecified atom stereocenters. The second-order valence-corrected chi connectivity index (χ2v) is 6.96. The van der Waals surface area contributed by atoms with Crippen molar-refractivity contribution in [3.63, 3.8) is 0 Å². The summed E-state index contributed by atoms with van der Waals surface area (Å²) in [6.07, 6.45) is 0.211. The van der Waals surface area contributed by atoms with Gasteiger partial charge in [-0.25, -0.2) is 4.79 Å². The van der Waals surface area contributed by atoms with E-state index in [4.69, 9.17) is 0 Å². The molecule has 0 atom stereocenters. The molecule has 3 rings (SSSR count). The van der Waals surface area contributed by atoms with Crippen molar-refractivity contribution in [2.75, 3.05) is 22.5 Å². The summed E-state index contributed by atoms with van der Waals surface area (Å²) < 4.78 is 0. The molecule has 0 heterocycles. The molecule has 7 nitrogen and oxygen atoms in total. The molecule has 0 aliphatic rings. The lowest BCUT2D eigenvalue weighted by Crippen LogP contribution is -2.33. The average Bonchev–Trinajstić information content (AvgIpc) is 2.76. The van der Waals surface area contributed by atoms with Crippen LogP contribution in [0.1, 0.15) is 11.1 Å². The Balaban J connectivity index is 1.51. The summed E-state index contributed by atoms with van der Waals surface area (Å²) >= 11 is 0. The van der Waals surface area contributed by atoms with Crippen molar-refractivity contribution >= 4 is 34.9 Å². The molecule has 0 saturated carbocycles. The molecule has 0 radical (unpaired) electrons. The van der Waals surface area contributed by atoms with Gasteiger partial charge in [0.2, 0.25) is 11.8 Å². The minimum Gasteiger partial charge on any atom is -0.347 e. The highest BCUT2D eigenvalue weighted by Crippen LogP contribution is 2.20. The number of anilines is 3. The molecule has 3 aromatic carbocycles. The highest BCUT2D eigenvalue weighted by molar-refractivity contribution is 6.01. The maximum Gasteiger partial charge on any atom is 0.323 e. The first-order chi connectivity index (χ1) is 15.0. The number of hydrogen-bond donors (Lipinski definition) is 4. The van der Waals surface area contributed by atoms with Crippen molar-refractivity contribution < 1.29 is 14.4 Å². The van der Waals surface area contributed by atoms with Crippen LogP contribution in [0.3, 0.4) is 0 Å². The highest BCUT2D eigenvalue weighted by atomic mass is 16.2. The fourth-order valence-electron chi connectivity index (χ4n) is 2.87. The van der Waals surface area contributed by atoms with E-state index in [2.05, 4.69) is 21.3 Å². The van der Waals surface area contributed by atoms with Gasteiger partial charge in [-0.2, -0.15) is 0 Å². The molecule has 158 valence electrons. The number of amides is 4. The van der Waals surface area contributed by atoms with E-state index in [1.165, 1.54) is 0 Å². The van der Waals surface area contributed by atoms with Crippen molar-refractivity contribution in [1.29, 1.82) is 0 Å². The molecular weight excluding hydrogens is 392 g/mol. The molecular formula is C24H24N4O3. The predicted molar refractivity (Wildman–Crippen MR) is 122 cm³/mol. The van der Waals surface area contributed by atoms with E-state index in [1.54, 1.807) is 30.3 Å². The van der Waals surface area contributed by atoms with Gasteiger partial charge in [0.05, 0.1) is 13.0 Å².